The highest BCUT2D eigenvalue weighted by atomic mass is 79.9. The highest BCUT2D eigenvalue weighted by molar-refractivity contribution is 9.10. The maximum absolute atomic E-state index is 4.42. The first kappa shape index (κ1) is 8.51. The van der Waals surface area contributed by atoms with Gasteiger partial charge in [0.25, 0.3) is 0 Å². The average Bonchev–Trinajstić information content (AvgIpc) is 2.88. The Morgan fingerprint density at radius 1 is 1.58 bits per heavy atom. The fourth-order valence-corrected chi connectivity index (χ4v) is 1.86. The second-order valence-electron chi connectivity index (χ2n) is 2.96. The van der Waals surface area contributed by atoms with Crippen molar-refractivity contribution in [3.05, 3.63) is 22.2 Å². The van der Waals surface area contributed by atoms with Gasteiger partial charge in [0.1, 0.15) is 5.82 Å². The van der Waals surface area contributed by atoms with E-state index in [1.54, 1.807) is 0 Å². The normalized spacial score (nSPS) is 16.5. The Morgan fingerprint density at radius 2 is 2.33 bits per heavy atom. The molecule has 0 spiro atoms. The van der Waals surface area contributed by atoms with Gasteiger partial charge in [-0.3, -0.25) is 0 Å². The highest BCUT2D eigenvalue weighted by Gasteiger charge is 2.26. The molecule has 2 nitrogen and oxygen atoms in total. The van der Waals surface area contributed by atoms with E-state index in [2.05, 4.69) is 38.5 Å². The van der Waals surface area contributed by atoms with E-state index in [1.807, 2.05) is 6.20 Å². The third-order valence-corrected chi connectivity index (χ3v) is 2.89. The van der Waals surface area contributed by atoms with Crippen molar-refractivity contribution in [3.63, 3.8) is 0 Å². The van der Waals surface area contributed by atoms with Crippen LogP contribution < -0.4 is 0 Å². The van der Waals surface area contributed by atoms with Gasteiger partial charge < -0.3 is 0 Å². The quantitative estimate of drug-likeness (QED) is 0.810. The van der Waals surface area contributed by atoms with Gasteiger partial charge in [-0.25, -0.2) is 9.97 Å². The van der Waals surface area contributed by atoms with Gasteiger partial charge in [0.2, 0.25) is 0 Å². The summed E-state index contributed by atoms with van der Waals surface area (Å²) in [6.45, 7) is 0. The van der Waals surface area contributed by atoms with Crippen molar-refractivity contribution in [2.45, 2.75) is 24.5 Å². The van der Waals surface area contributed by atoms with E-state index in [1.165, 1.54) is 12.8 Å². The monoisotopic (exact) mass is 244 g/mol. The standard InChI is InChI=1S/C8H9BrN2S/c9-6-3-10-8(5-1-2-5)11-7(6)4-12/h3,5,12H,1-2,4H2. The fraction of sp³-hybridized carbons (Fsp3) is 0.500. The topological polar surface area (TPSA) is 25.8 Å². The zero-order chi connectivity index (χ0) is 8.55. The maximum atomic E-state index is 4.42. The summed E-state index contributed by atoms with van der Waals surface area (Å²) in [5, 5.41) is 0. The molecule has 64 valence electrons. The molecule has 0 amide bonds. The van der Waals surface area contributed by atoms with Crippen molar-refractivity contribution >= 4 is 28.6 Å². The Hall–Kier alpha value is -0.0900. The Labute approximate surface area is 85.3 Å². The lowest BCUT2D eigenvalue weighted by atomic mass is 10.3. The first-order chi connectivity index (χ1) is 5.81. The second-order valence-corrected chi connectivity index (χ2v) is 4.13. The first-order valence-corrected chi connectivity index (χ1v) is 5.36. The molecular weight excluding hydrogens is 236 g/mol. The number of thiol groups is 1. The van der Waals surface area contributed by atoms with Crippen molar-refractivity contribution < 1.29 is 0 Å². The Kier molecular flexibility index (Phi) is 2.37. The Morgan fingerprint density at radius 3 is 2.92 bits per heavy atom. The lowest BCUT2D eigenvalue weighted by Gasteiger charge is -2.01. The number of hydrogen-bond acceptors (Lipinski definition) is 3. The van der Waals surface area contributed by atoms with Gasteiger partial charge in [0.05, 0.1) is 10.2 Å². The van der Waals surface area contributed by atoms with Crippen LogP contribution in [0.3, 0.4) is 0 Å². The van der Waals surface area contributed by atoms with Gasteiger partial charge in [-0.15, -0.1) is 0 Å². The lowest BCUT2D eigenvalue weighted by Crippen LogP contribution is -1.96. The summed E-state index contributed by atoms with van der Waals surface area (Å²) in [5.74, 6) is 2.28. The van der Waals surface area contributed by atoms with Crippen LogP contribution in [-0.2, 0) is 5.75 Å². The largest absolute Gasteiger partial charge is 0.240 e. The van der Waals surface area contributed by atoms with Gasteiger partial charge in [-0.2, -0.15) is 12.6 Å². The summed E-state index contributed by atoms with van der Waals surface area (Å²) < 4.78 is 0.960. The van der Waals surface area contributed by atoms with Crippen LogP contribution >= 0.6 is 28.6 Å². The zero-order valence-electron chi connectivity index (χ0n) is 6.50. The molecule has 2 rings (SSSR count). The van der Waals surface area contributed by atoms with Crippen LogP contribution in [0.5, 0.6) is 0 Å². The summed E-state index contributed by atoms with van der Waals surface area (Å²) in [6, 6.07) is 0. The van der Waals surface area contributed by atoms with E-state index in [0.717, 1.165) is 16.0 Å². The van der Waals surface area contributed by atoms with Crippen molar-refractivity contribution in [1.82, 2.24) is 9.97 Å². The van der Waals surface area contributed by atoms with Crippen LogP contribution in [0.2, 0.25) is 0 Å². The van der Waals surface area contributed by atoms with E-state index in [0.29, 0.717) is 11.7 Å². The molecule has 0 bridgehead atoms. The van der Waals surface area contributed by atoms with E-state index >= 15 is 0 Å². The molecule has 0 aliphatic heterocycles. The number of halogens is 1. The van der Waals surface area contributed by atoms with Gasteiger partial charge in [-0.05, 0) is 28.8 Å². The molecule has 0 radical (unpaired) electrons. The Balaban J connectivity index is 2.33. The molecule has 1 saturated carbocycles. The molecule has 12 heavy (non-hydrogen) atoms. The number of rotatable bonds is 2. The summed E-state index contributed by atoms with van der Waals surface area (Å²) in [6.07, 6.45) is 4.31. The van der Waals surface area contributed by atoms with Gasteiger partial charge in [0.15, 0.2) is 0 Å². The highest BCUT2D eigenvalue weighted by Crippen LogP contribution is 2.38. The molecule has 1 fully saturated rings. The van der Waals surface area contributed by atoms with Crippen LogP contribution in [-0.4, -0.2) is 9.97 Å². The van der Waals surface area contributed by atoms with Crippen LogP contribution in [0.4, 0.5) is 0 Å². The molecule has 0 aromatic carbocycles. The average molecular weight is 245 g/mol. The minimum atomic E-state index is 0.622. The molecular formula is C8H9BrN2S. The molecule has 0 unspecified atom stereocenters. The SMILES string of the molecule is SCc1nc(C2CC2)ncc1Br. The van der Waals surface area contributed by atoms with Gasteiger partial charge in [0, 0.05) is 17.9 Å². The third-order valence-electron chi connectivity index (χ3n) is 1.93. The smallest absolute Gasteiger partial charge is 0.131 e. The van der Waals surface area contributed by atoms with Crippen LogP contribution in [0.25, 0.3) is 0 Å². The van der Waals surface area contributed by atoms with E-state index in [9.17, 15) is 0 Å². The first-order valence-electron chi connectivity index (χ1n) is 3.93. The van der Waals surface area contributed by atoms with Gasteiger partial charge >= 0.3 is 0 Å². The number of nitrogens with zero attached hydrogens (tertiary/aromatic N) is 2. The maximum Gasteiger partial charge on any atom is 0.131 e. The predicted molar refractivity (Wildman–Crippen MR) is 54.4 cm³/mol. The molecule has 1 aromatic rings. The van der Waals surface area contributed by atoms with Gasteiger partial charge in [-0.1, -0.05) is 0 Å². The predicted octanol–water partition coefficient (Wildman–Crippen LogP) is 2.55. The molecule has 4 heteroatoms. The summed E-state index contributed by atoms with van der Waals surface area (Å²) in [5.41, 5.74) is 0.996. The van der Waals surface area contributed by atoms with Crippen molar-refractivity contribution in [2.75, 3.05) is 0 Å². The van der Waals surface area contributed by atoms with Crippen LogP contribution in [0, 0.1) is 0 Å². The molecule has 0 saturated heterocycles. The summed E-state index contributed by atoms with van der Waals surface area (Å²) in [4.78, 5) is 8.68. The Bertz CT molecular complexity index is 299. The third kappa shape index (κ3) is 1.64. The van der Waals surface area contributed by atoms with Crippen molar-refractivity contribution in [1.29, 1.82) is 0 Å². The molecule has 1 heterocycles. The minimum absolute atomic E-state index is 0.622. The summed E-state index contributed by atoms with van der Waals surface area (Å²) in [7, 11) is 0. The molecule has 1 aromatic heterocycles. The molecule has 1 aliphatic rings. The van der Waals surface area contributed by atoms with E-state index < -0.39 is 0 Å². The fourth-order valence-electron chi connectivity index (χ4n) is 1.07. The zero-order valence-corrected chi connectivity index (χ0v) is 8.98. The second kappa shape index (κ2) is 3.34. The van der Waals surface area contributed by atoms with Crippen molar-refractivity contribution in [2.24, 2.45) is 0 Å². The summed E-state index contributed by atoms with van der Waals surface area (Å²) >= 11 is 7.58. The minimum Gasteiger partial charge on any atom is -0.240 e. The van der Waals surface area contributed by atoms with Crippen molar-refractivity contribution in [3.8, 4) is 0 Å². The lowest BCUT2D eigenvalue weighted by molar-refractivity contribution is 0.895. The van der Waals surface area contributed by atoms with Crippen LogP contribution in [0.15, 0.2) is 10.7 Å². The molecule has 0 N–H and O–H groups in total. The van der Waals surface area contributed by atoms with E-state index in [-0.39, 0.29) is 0 Å². The number of aromatic nitrogens is 2. The molecule has 0 atom stereocenters. The molecule has 1 aliphatic carbocycles. The van der Waals surface area contributed by atoms with E-state index in [4.69, 9.17) is 0 Å². The number of hydrogen-bond donors (Lipinski definition) is 1. The van der Waals surface area contributed by atoms with Crippen LogP contribution in [0.1, 0.15) is 30.3 Å².